The molecule has 0 aromatic rings. The number of piperazine rings is 1. The van der Waals surface area contributed by atoms with Crippen LogP contribution in [0.25, 0.3) is 0 Å². The van der Waals surface area contributed by atoms with E-state index in [0.29, 0.717) is 18.5 Å². The number of rotatable bonds is 6. The molecular weight excluding hydrogens is 264 g/mol. The molecule has 0 saturated carbocycles. The predicted molar refractivity (Wildman–Crippen MR) is 88.5 cm³/mol. The van der Waals surface area contributed by atoms with Crippen molar-refractivity contribution in [3.05, 3.63) is 0 Å². The Bertz CT molecular complexity index is 317. The van der Waals surface area contributed by atoms with Gasteiger partial charge in [0.25, 0.3) is 0 Å². The SMILES string of the molecule is CC(C)C(CNC(=O)CNC(C)(C)C)N1CCN(C)CC1. The molecule has 1 aliphatic rings. The molecule has 124 valence electrons. The van der Waals surface area contributed by atoms with Gasteiger partial charge in [-0.15, -0.1) is 0 Å². The van der Waals surface area contributed by atoms with Crippen LogP contribution in [0.3, 0.4) is 0 Å². The minimum absolute atomic E-state index is 0.0216. The third-order valence-corrected chi connectivity index (χ3v) is 4.06. The highest BCUT2D eigenvalue weighted by Gasteiger charge is 2.25. The van der Waals surface area contributed by atoms with Crippen LogP contribution < -0.4 is 10.6 Å². The Balaban J connectivity index is 2.39. The Morgan fingerprint density at radius 2 is 1.71 bits per heavy atom. The highest BCUT2D eigenvalue weighted by Crippen LogP contribution is 2.12. The largest absolute Gasteiger partial charge is 0.353 e. The molecule has 1 unspecified atom stereocenters. The van der Waals surface area contributed by atoms with Crippen LogP contribution in [0.4, 0.5) is 0 Å². The van der Waals surface area contributed by atoms with Gasteiger partial charge in [-0.1, -0.05) is 13.8 Å². The first-order chi connectivity index (χ1) is 9.69. The molecule has 5 nitrogen and oxygen atoms in total. The van der Waals surface area contributed by atoms with Crippen molar-refractivity contribution in [3.8, 4) is 0 Å². The number of nitrogens with zero attached hydrogens (tertiary/aromatic N) is 2. The molecule has 2 N–H and O–H groups in total. The van der Waals surface area contributed by atoms with Crippen molar-refractivity contribution in [2.45, 2.75) is 46.2 Å². The number of carbonyl (C=O) groups excluding carboxylic acids is 1. The van der Waals surface area contributed by atoms with Crippen molar-refractivity contribution in [2.75, 3.05) is 46.3 Å². The molecule has 1 rings (SSSR count). The third kappa shape index (κ3) is 7.25. The fourth-order valence-electron chi connectivity index (χ4n) is 2.57. The molecular formula is C16H34N4O. The van der Waals surface area contributed by atoms with Gasteiger partial charge in [-0.2, -0.15) is 0 Å². The summed E-state index contributed by atoms with van der Waals surface area (Å²) in [4.78, 5) is 16.8. The molecule has 0 aromatic carbocycles. The van der Waals surface area contributed by atoms with Crippen LogP contribution in [0.1, 0.15) is 34.6 Å². The van der Waals surface area contributed by atoms with Gasteiger partial charge in [0.15, 0.2) is 0 Å². The second kappa shape index (κ2) is 8.11. The molecule has 1 amide bonds. The number of hydrogen-bond donors (Lipinski definition) is 2. The van der Waals surface area contributed by atoms with Gasteiger partial charge in [0, 0.05) is 44.3 Å². The van der Waals surface area contributed by atoms with E-state index in [0.717, 1.165) is 32.7 Å². The summed E-state index contributed by atoms with van der Waals surface area (Å²) >= 11 is 0. The van der Waals surface area contributed by atoms with Crippen molar-refractivity contribution in [2.24, 2.45) is 5.92 Å². The minimum Gasteiger partial charge on any atom is -0.353 e. The fraction of sp³-hybridized carbons (Fsp3) is 0.938. The van der Waals surface area contributed by atoms with Crippen LogP contribution in [0.5, 0.6) is 0 Å². The van der Waals surface area contributed by atoms with Crippen LogP contribution in [0, 0.1) is 5.92 Å². The van der Waals surface area contributed by atoms with E-state index < -0.39 is 0 Å². The highest BCUT2D eigenvalue weighted by atomic mass is 16.1. The lowest BCUT2D eigenvalue weighted by Gasteiger charge is -2.40. The summed E-state index contributed by atoms with van der Waals surface area (Å²) in [5.41, 5.74) is -0.0216. The smallest absolute Gasteiger partial charge is 0.234 e. The number of nitrogens with one attached hydrogen (secondary N) is 2. The molecule has 0 aromatic heterocycles. The van der Waals surface area contributed by atoms with E-state index >= 15 is 0 Å². The average Bonchev–Trinajstić information content (AvgIpc) is 2.37. The summed E-state index contributed by atoms with van der Waals surface area (Å²) in [6, 6.07) is 0.428. The number of carbonyl (C=O) groups is 1. The summed E-state index contributed by atoms with van der Waals surface area (Å²) in [7, 11) is 2.17. The van der Waals surface area contributed by atoms with Crippen molar-refractivity contribution < 1.29 is 4.79 Å². The topological polar surface area (TPSA) is 47.6 Å². The molecule has 1 saturated heterocycles. The zero-order valence-electron chi connectivity index (χ0n) is 14.7. The lowest BCUT2D eigenvalue weighted by molar-refractivity contribution is -0.120. The van der Waals surface area contributed by atoms with Crippen LogP contribution in [0.15, 0.2) is 0 Å². The lowest BCUT2D eigenvalue weighted by Crippen LogP contribution is -2.55. The molecule has 0 spiro atoms. The normalized spacial score (nSPS) is 19.8. The maximum Gasteiger partial charge on any atom is 0.234 e. The first-order valence-corrected chi connectivity index (χ1v) is 8.13. The Morgan fingerprint density at radius 1 is 1.14 bits per heavy atom. The number of hydrogen-bond acceptors (Lipinski definition) is 4. The van der Waals surface area contributed by atoms with E-state index in [1.807, 2.05) is 0 Å². The monoisotopic (exact) mass is 298 g/mol. The third-order valence-electron chi connectivity index (χ3n) is 4.06. The molecule has 0 radical (unpaired) electrons. The molecule has 1 atom stereocenters. The van der Waals surface area contributed by atoms with Crippen molar-refractivity contribution >= 4 is 5.91 Å². The summed E-state index contributed by atoms with van der Waals surface area (Å²) in [6.07, 6.45) is 0. The molecule has 21 heavy (non-hydrogen) atoms. The second-order valence-corrected chi connectivity index (χ2v) is 7.56. The van der Waals surface area contributed by atoms with E-state index in [2.05, 4.69) is 62.1 Å². The molecule has 1 fully saturated rings. The van der Waals surface area contributed by atoms with E-state index in [1.165, 1.54) is 0 Å². The van der Waals surface area contributed by atoms with Gasteiger partial charge >= 0.3 is 0 Å². The highest BCUT2D eigenvalue weighted by molar-refractivity contribution is 5.78. The zero-order chi connectivity index (χ0) is 16.0. The standard InChI is InChI=1S/C16H34N4O/c1-13(2)14(20-9-7-19(6)8-10-20)11-17-15(21)12-18-16(3,4)5/h13-14,18H,7-12H2,1-6H3,(H,17,21). The van der Waals surface area contributed by atoms with Crippen molar-refractivity contribution in [3.63, 3.8) is 0 Å². The average molecular weight is 298 g/mol. The van der Waals surface area contributed by atoms with Crippen LogP contribution in [-0.2, 0) is 4.79 Å². The Labute approximate surface area is 130 Å². The fourth-order valence-corrected chi connectivity index (χ4v) is 2.57. The first kappa shape index (κ1) is 18.4. The van der Waals surface area contributed by atoms with Crippen LogP contribution in [0.2, 0.25) is 0 Å². The molecule has 0 bridgehead atoms. The summed E-state index contributed by atoms with van der Waals surface area (Å²) < 4.78 is 0. The summed E-state index contributed by atoms with van der Waals surface area (Å²) in [5.74, 6) is 0.633. The minimum atomic E-state index is -0.0216. The lowest BCUT2D eigenvalue weighted by atomic mass is 10.0. The van der Waals surface area contributed by atoms with Gasteiger partial charge < -0.3 is 15.5 Å². The first-order valence-electron chi connectivity index (χ1n) is 8.13. The molecule has 1 heterocycles. The van der Waals surface area contributed by atoms with Gasteiger partial charge in [-0.25, -0.2) is 0 Å². The number of likely N-dealkylation sites (N-methyl/N-ethyl adjacent to an activating group) is 1. The summed E-state index contributed by atoms with van der Waals surface area (Å²) in [6.45, 7) is 16.2. The van der Waals surface area contributed by atoms with E-state index in [-0.39, 0.29) is 11.4 Å². The maximum atomic E-state index is 12.0. The number of amides is 1. The molecule has 1 aliphatic heterocycles. The van der Waals surface area contributed by atoms with Gasteiger partial charge in [0.1, 0.15) is 0 Å². The summed E-state index contributed by atoms with van der Waals surface area (Å²) in [5, 5.41) is 6.32. The Hall–Kier alpha value is -0.650. The van der Waals surface area contributed by atoms with Gasteiger partial charge in [-0.05, 0) is 33.7 Å². The zero-order valence-corrected chi connectivity index (χ0v) is 14.7. The van der Waals surface area contributed by atoms with E-state index in [9.17, 15) is 4.79 Å². The van der Waals surface area contributed by atoms with Gasteiger partial charge in [-0.3, -0.25) is 9.69 Å². The maximum absolute atomic E-state index is 12.0. The Morgan fingerprint density at radius 3 is 2.19 bits per heavy atom. The molecule has 5 heteroatoms. The van der Waals surface area contributed by atoms with Gasteiger partial charge in [0.2, 0.25) is 5.91 Å². The van der Waals surface area contributed by atoms with E-state index in [4.69, 9.17) is 0 Å². The van der Waals surface area contributed by atoms with Crippen LogP contribution in [-0.4, -0.2) is 73.6 Å². The molecule has 0 aliphatic carbocycles. The quantitative estimate of drug-likeness (QED) is 0.760. The van der Waals surface area contributed by atoms with Crippen molar-refractivity contribution in [1.82, 2.24) is 20.4 Å². The van der Waals surface area contributed by atoms with Crippen molar-refractivity contribution in [1.29, 1.82) is 0 Å². The van der Waals surface area contributed by atoms with E-state index in [1.54, 1.807) is 0 Å². The van der Waals surface area contributed by atoms with Crippen LogP contribution >= 0.6 is 0 Å². The Kier molecular flexibility index (Phi) is 7.10. The van der Waals surface area contributed by atoms with Gasteiger partial charge in [0.05, 0.1) is 6.54 Å². The second-order valence-electron chi connectivity index (χ2n) is 7.56. The predicted octanol–water partition coefficient (Wildman–Crippen LogP) is 0.763.